The van der Waals surface area contributed by atoms with Gasteiger partial charge < -0.3 is 9.80 Å². The summed E-state index contributed by atoms with van der Waals surface area (Å²) >= 11 is 5.75. The van der Waals surface area contributed by atoms with Gasteiger partial charge in [-0.1, -0.05) is 17.7 Å². The Hall–Kier alpha value is -0.770. The van der Waals surface area contributed by atoms with Crippen LogP contribution in [0.4, 0.5) is 5.69 Å². The molecule has 1 fully saturated rings. The number of rotatable bonds is 3. The van der Waals surface area contributed by atoms with E-state index in [1.165, 1.54) is 11.1 Å². The topological polar surface area (TPSA) is 23.6 Å². The van der Waals surface area contributed by atoms with E-state index in [4.69, 9.17) is 11.6 Å². The number of carbonyl (C=O) groups excluding carboxylic acids is 1. The first-order chi connectivity index (χ1) is 10.1. The van der Waals surface area contributed by atoms with Gasteiger partial charge in [0.25, 0.3) is 0 Å². The van der Waals surface area contributed by atoms with Crippen molar-refractivity contribution in [3.8, 4) is 0 Å². The molecule has 1 amide bonds. The molecule has 0 spiro atoms. The zero-order chi connectivity index (χ0) is 15.0. The van der Waals surface area contributed by atoms with Gasteiger partial charge in [0.2, 0.25) is 5.91 Å². The molecule has 3 rings (SSSR count). The number of likely N-dealkylation sites (N-methyl/N-ethyl adjacent to an activating group) is 1. The van der Waals surface area contributed by atoms with Crippen LogP contribution in [0.1, 0.15) is 36.3 Å². The molecule has 2 aliphatic heterocycles. The highest BCUT2D eigenvalue weighted by molar-refractivity contribution is 6.18. The number of likely N-dealkylation sites (tertiary alicyclic amines) is 1. The number of piperidine rings is 1. The Bertz CT molecular complexity index is 549. The largest absolute Gasteiger partial charge is 0.308 e. The van der Waals surface area contributed by atoms with Crippen molar-refractivity contribution >= 4 is 35.6 Å². The summed E-state index contributed by atoms with van der Waals surface area (Å²) in [6.45, 7) is 4.23. The first kappa shape index (κ1) is 17.6. The monoisotopic (exact) mass is 342 g/mol. The Morgan fingerprint density at radius 1 is 1.41 bits per heavy atom. The molecular weight excluding hydrogens is 319 g/mol. The van der Waals surface area contributed by atoms with Crippen molar-refractivity contribution in [2.45, 2.75) is 38.1 Å². The minimum Gasteiger partial charge on any atom is -0.308 e. The lowest BCUT2D eigenvalue weighted by molar-refractivity contribution is -0.119. The summed E-state index contributed by atoms with van der Waals surface area (Å²) < 4.78 is 0. The number of hydrogen-bond donors (Lipinski definition) is 0. The van der Waals surface area contributed by atoms with E-state index in [0.29, 0.717) is 24.3 Å². The molecule has 0 saturated carbocycles. The Kier molecular flexibility index (Phi) is 5.76. The second-order valence-electron chi connectivity index (χ2n) is 6.34. The van der Waals surface area contributed by atoms with Crippen LogP contribution in [-0.2, 0) is 4.79 Å². The Labute approximate surface area is 144 Å². The third-order valence-corrected chi connectivity index (χ3v) is 5.01. The van der Waals surface area contributed by atoms with Gasteiger partial charge in [0, 0.05) is 36.5 Å². The van der Waals surface area contributed by atoms with Crippen LogP contribution in [0.5, 0.6) is 0 Å². The molecule has 22 heavy (non-hydrogen) atoms. The summed E-state index contributed by atoms with van der Waals surface area (Å²) in [7, 11) is 2.17. The van der Waals surface area contributed by atoms with E-state index in [1.54, 1.807) is 0 Å². The molecule has 3 nitrogen and oxygen atoms in total. The maximum atomic E-state index is 12.6. The molecule has 1 aromatic rings. The molecule has 1 aromatic carbocycles. The second-order valence-corrected chi connectivity index (χ2v) is 6.72. The van der Waals surface area contributed by atoms with Crippen molar-refractivity contribution in [3.05, 3.63) is 29.3 Å². The molecule has 122 valence electrons. The van der Waals surface area contributed by atoms with Crippen LogP contribution in [0.25, 0.3) is 0 Å². The first-order valence-electron chi connectivity index (χ1n) is 7.79. The van der Waals surface area contributed by atoms with Gasteiger partial charge in [-0.2, -0.15) is 0 Å². The lowest BCUT2D eigenvalue weighted by Crippen LogP contribution is -2.47. The van der Waals surface area contributed by atoms with Crippen LogP contribution in [0.2, 0.25) is 0 Å². The summed E-state index contributed by atoms with van der Waals surface area (Å²) in [5, 5.41) is 0. The van der Waals surface area contributed by atoms with E-state index in [-0.39, 0.29) is 18.3 Å². The van der Waals surface area contributed by atoms with Crippen LogP contribution < -0.4 is 4.90 Å². The smallest absolute Gasteiger partial charge is 0.227 e. The van der Waals surface area contributed by atoms with E-state index >= 15 is 0 Å². The number of benzene rings is 1. The van der Waals surface area contributed by atoms with Gasteiger partial charge in [-0.3, -0.25) is 4.79 Å². The predicted octanol–water partition coefficient (Wildman–Crippen LogP) is 3.57. The first-order valence-corrected chi connectivity index (χ1v) is 8.32. The van der Waals surface area contributed by atoms with Crippen LogP contribution in [-0.4, -0.2) is 42.9 Å². The van der Waals surface area contributed by atoms with Crippen molar-refractivity contribution in [1.82, 2.24) is 4.90 Å². The maximum absolute atomic E-state index is 12.6. The van der Waals surface area contributed by atoms with Crippen molar-refractivity contribution < 1.29 is 4.79 Å². The highest BCUT2D eigenvalue weighted by Gasteiger charge is 2.43. The third-order valence-electron chi connectivity index (χ3n) is 4.75. The Morgan fingerprint density at radius 3 is 2.91 bits per heavy atom. The zero-order valence-electron chi connectivity index (χ0n) is 13.2. The number of halogens is 2. The number of amides is 1. The Balaban J connectivity index is 0.00000176. The summed E-state index contributed by atoms with van der Waals surface area (Å²) in [6.07, 6.45) is 2.37. The zero-order valence-corrected chi connectivity index (χ0v) is 14.8. The molecule has 0 unspecified atom stereocenters. The van der Waals surface area contributed by atoms with Gasteiger partial charge in [0.1, 0.15) is 0 Å². The SMILES string of the molecule is Cc1ccc2c(c1)[C@@H]1CN(C)CC[C@@H]1N2C(=O)CCCCl.Cl. The number of hydrogen-bond acceptors (Lipinski definition) is 2. The van der Waals surface area contributed by atoms with Crippen LogP contribution in [0.15, 0.2) is 18.2 Å². The van der Waals surface area contributed by atoms with Crippen LogP contribution >= 0.6 is 24.0 Å². The molecule has 1 saturated heterocycles. The fourth-order valence-electron chi connectivity index (χ4n) is 3.74. The lowest BCUT2D eigenvalue weighted by atomic mass is 9.89. The maximum Gasteiger partial charge on any atom is 0.227 e. The average molecular weight is 343 g/mol. The second kappa shape index (κ2) is 7.20. The quantitative estimate of drug-likeness (QED) is 0.784. The molecule has 0 bridgehead atoms. The van der Waals surface area contributed by atoms with Gasteiger partial charge in [0.05, 0.1) is 0 Å². The standard InChI is InChI=1S/C17H23ClN2O.ClH/c1-12-5-6-15-13(10-12)14-11-19(2)9-7-16(14)20(15)17(21)4-3-8-18;/h5-6,10,14,16H,3-4,7-9,11H2,1-2H3;1H/t14-,16-;/m0./s1. The number of anilines is 1. The third kappa shape index (κ3) is 3.12. The van der Waals surface area contributed by atoms with Crippen molar-refractivity contribution in [3.63, 3.8) is 0 Å². The van der Waals surface area contributed by atoms with Crippen molar-refractivity contribution in [2.24, 2.45) is 0 Å². The summed E-state index contributed by atoms with van der Waals surface area (Å²) in [5.74, 6) is 1.24. The number of carbonyl (C=O) groups is 1. The van der Waals surface area contributed by atoms with Crippen molar-refractivity contribution in [2.75, 3.05) is 30.9 Å². The molecule has 5 heteroatoms. The van der Waals surface area contributed by atoms with Gasteiger partial charge >= 0.3 is 0 Å². The Morgan fingerprint density at radius 2 is 2.18 bits per heavy atom. The summed E-state index contributed by atoms with van der Waals surface area (Å²) in [6, 6.07) is 6.84. The summed E-state index contributed by atoms with van der Waals surface area (Å²) in [4.78, 5) is 17.1. The number of fused-ring (bicyclic) bond motifs is 3. The van der Waals surface area contributed by atoms with E-state index in [1.807, 2.05) is 0 Å². The van der Waals surface area contributed by atoms with Crippen LogP contribution in [0, 0.1) is 6.92 Å². The lowest BCUT2D eigenvalue weighted by Gasteiger charge is -2.36. The van der Waals surface area contributed by atoms with E-state index in [0.717, 1.165) is 31.6 Å². The van der Waals surface area contributed by atoms with E-state index < -0.39 is 0 Å². The minimum absolute atomic E-state index is 0. The molecule has 2 aliphatic rings. The molecular formula is C17H24Cl2N2O. The van der Waals surface area contributed by atoms with Gasteiger partial charge in [-0.25, -0.2) is 0 Å². The number of nitrogens with zero attached hydrogens (tertiary/aromatic N) is 2. The molecule has 0 N–H and O–H groups in total. The molecule has 0 radical (unpaired) electrons. The normalized spacial score (nSPS) is 23.7. The highest BCUT2D eigenvalue weighted by Crippen LogP contribution is 2.45. The highest BCUT2D eigenvalue weighted by atomic mass is 35.5. The van der Waals surface area contributed by atoms with Gasteiger partial charge in [0.15, 0.2) is 0 Å². The van der Waals surface area contributed by atoms with Gasteiger partial charge in [-0.05, 0) is 45.0 Å². The van der Waals surface area contributed by atoms with Gasteiger partial charge in [-0.15, -0.1) is 24.0 Å². The predicted molar refractivity (Wildman–Crippen MR) is 94.5 cm³/mol. The molecule has 2 atom stereocenters. The number of aryl methyl sites for hydroxylation is 1. The fourth-order valence-corrected chi connectivity index (χ4v) is 3.88. The van der Waals surface area contributed by atoms with Crippen molar-refractivity contribution in [1.29, 1.82) is 0 Å². The average Bonchev–Trinajstić information content (AvgIpc) is 2.78. The van der Waals surface area contributed by atoms with Crippen LogP contribution in [0.3, 0.4) is 0 Å². The molecule has 0 aliphatic carbocycles. The minimum atomic E-state index is 0. The van der Waals surface area contributed by atoms with E-state index in [2.05, 4.69) is 42.0 Å². The van der Waals surface area contributed by atoms with E-state index in [9.17, 15) is 4.79 Å². The number of alkyl halides is 1. The molecule has 2 heterocycles. The fraction of sp³-hybridized carbons (Fsp3) is 0.588. The molecule has 0 aromatic heterocycles. The summed E-state index contributed by atoms with van der Waals surface area (Å²) in [5.41, 5.74) is 3.76.